The van der Waals surface area contributed by atoms with Crippen molar-refractivity contribution in [1.82, 2.24) is 10.6 Å². The fraction of sp³-hybridized carbons (Fsp3) is 0.167. The van der Waals surface area contributed by atoms with Crippen LogP contribution < -0.4 is 20.9 Å². The van der Waals surface area contributed by atoms with Crippen LogP contribution >= 0.6 is 0 Å². The molecule has 0 radical (unpaired) electrons. The lowest BCUT2D eigenvalue weighted by Crippen LogP contribution is -2.54. The van der Waals surface area contributed by atoms with Crippen molar-refractivity contribution in [3.8, 4) is 0 Å². The van der Waals surface area contributed by atoms with Crippen molar-refractivity contribution in [2.75, 3.05) is 17.3 Å². The molecular formula is C18H18N4O4. The molecule has 134 valence electrons. The van der Waals surface area contributed by atoms with Crippen LogP contribution in [-0.2, 0) is 11.3 Å². The zero-order valence-corrected chi connectivity index (χ0v) is 14.0. The molecule has 0 saturated heterocycles. The third-order valence-corrected chi connectivity index (χ3v) is 4.07. The van der Waals surface area contributed by atoms with E-state index in [2.05, 4.69) is 16.0 Å². The van der Waals surface area contributed by atoms with Crippen LogP contribution in [0.2, 0.25) is 0 Å². The van der Waals surface area contributed by atoms with Gasteiger partial charge in [-0.05, 0) is 29.8 Å². The molecular weight excluding hydrogens is 336 g/mol. The minimum absolute atomic E-state index is 0.0571. The van der Waals surface area contributed by atoms with Crippen molar-refractivity contribution in [3.63, 3.8) is 0 Å². The van der Waals surface area contributed by atoms with E-state index in [1.165, 1.54) is 23.1 Å². The number of hydrogen-bond acceptors (Lipinski definition) is 4. The van der Waals surface area contributed by atoms with E-state index in [9.17, 15) is 14.4 Å². The van der Waals surface area contributed by atoms with Gasteiger partial charge < -0.3 is 20.6 Å². The molecule has 1 atom stereocenters. The second-order valence-electron chi connectivity index (χ2n) is 5.82. The highest BCUT2D eigenvalue weighted by molar-refractivity contribution is 6.01. The average molecular weight is 354 g/mol. The summed E-state index contributed by atoms with van der Waals surface area (Å²) in [5, 5.41) is 17.1. The van der Waals surface area contributed by atoms with Crippen LogP contribution in [0.4, 0.5) is 16.2 Å². The molecule has 26 heavy (non-hydrogen) atoms. The molecule has 3 rings (SSSR count). The number of para-hydroxylation sites is 1. The lowest BCUT2D eigenvalue weighted by Gasteiger charge is -2.22. The van der Waals surface area contributed by atoms with E-state index in [1.807, 2.05) is 24.3 Å². The summed E-state index contributed by atoms with van der Waals surface area (Å²) in [5.41, 5.74) is 2.10. The number of nitrogens with one attached hydrogen (secondary N) is 3. The summed E-state index contributed by atoms with van der Waals surface area (Å²) in [6, 6.07) is 12.7. The van der Waals surface area contributed by atoms with Crippen LogP contribution in [0.15, 0.2) is 48.5 Å². The van der Waals surface area contributed by atoms with Gasteiger partial charge in [0.2, 0.25) is 0 Å². The number of amides is 3. The van der Waals surface area contributed by atoms with E-state index in [0.29, 0.717) is 12.2 Å². The Hall–Kier alpha value is -3.39. The summed E-state index contributed by atoms with van der Waals surface area (Å²) in [5.74, 6) is -1.39. The highest BCUT2D eigenvalue weighted by Crippen LogP contribution is 2.22. The Morgan fingerprint density at radius 2 is 1.96 bits per heavy atom. The fourth-order valence-corrected chi connectivity index (χ4v) is 2.74. The molecule has 0 aliphatic carbocycles. The van der Waals surface area contributed by atoms with Gasteiger partial charge in [0.15, 0.2) is 6.17 Å². The quantitative estimate of drug-likeness (QED) is 0.669. The van der Waals surface area contributed by atoms with E-state index in [0.717, 1.165) is 11.3 Å². The van der Waals surface area contributed by atoms with Gasteiger partial charge in [0.1, 0.15) is 0 Å². The van der Waals surface area contributed by atoms with E-state index in [1.54, 1.807) is 13.1 Å². The molecule has 1 unspecified atom stereocenters. The van der Waals surface area contributed by atoms with Crippen LogP contribution in [0.1, 0.15) is 15.9 Å². The smallest absolute Gasteiger partial charge is 0.335 e. The van der Waals surface area contributed by atoms with E-state index in [4.69, 9.17) is 5.11 Å². The van der Waals surface area contributed by atoms with Crippen molar-refractivity contribution >= 4 is 29.3 Å². The summed E-state index contributed by atoms with van der Waals surface area (Å²) in [6.45, 7) is 0.422. The Bertz CT molecular complexity index is 868. The number of anilines is 2. The van der Waals surface area contributed by atoms with Gasteiger partial charge in [0, 0.05) is 25.0 Å². The molecule has 0 spiro atoms. The van der Waals surface area contributed by atoms with Crippen LogP contribution in [0, 0.1) is 0 Å². The first-order chi connectivity index (χ1) is 12.5. The number of aromatic carboxylic acids is 1. The first-order valence-electron chi connectivity index (χ1n) is 7.95. The van der Waals surface area contributed by atoms with E-state index >= 15 is 0 Å². The number of fused-ring (bicyclic) bond motifs is 1. The predicted molar refractivity (Wildman–Crippen MR) is 96.0 cm³/mol. The van der Waals surface area contributed by atoms with Crippen molar-refractivity contribution in [3.05, 3.63) is 59.7 Å². The number of benzene rings is 2. The van der Waals surface area contributed by atoms with Crippen LogP contribution in [0.5, 0.6) is 0 Å². The predicted octanol–water partition coefficient (Wildman–Crippen LogP) is 1.60. The second kappa shape index (κ2) is 7.24. The maximum absolute atomic E-state index is 12.6. The lowest BCUT2D eigenvalue weighted by atomic mass is 10.1. The number of carbonyl (C=O) groups is 3. The van der Waals surface area contributed by atoms with Gasteiger partial charge in [-0.1, -0.05) is 24.3 Å². The van der Waals surface area contributed by atoms with Crippen molar-refractivity contribution in [1.29, 1.82) is 0 Å². The van der Waals surface area contributed by atoms with Gasteiger partial charge in [-0.2, -0.15) is 0 Å². The SMILES string of the molecule is CN1C(=O)C(NC(=O)Nc2cccc(C(=O)O)c2)NCc2ccccc21. The number of nitrogens with zero attached hydrogens (tertiary/aromatic N) is 1. The Balaban J connectivity index is 1.69. The number of carboxylic acids is 1. The standard InChI is InChI=1S/C18H18N4O4/c1-22-14-8-3-2-5-12(14)10-19-15(16(22)23)21-18(26)20-13-7-4-6-11(9-13)17(24)25/h2-9,15,19H,10H2,1H3,(H,24,25)(H2,20,21,26). The first-order valence-corrected chi connectivity index (χ1v) is 7.95. The van der Waals surface area contributed by atoms with Crippen LogP contribution in [-0.4, -0.2) is 36.2 Å². The molecule has 3 amide bonds. The summed E-state index contributed by atoms with van der Waals surface area (Å²) in [7, 11) is 1.65. The maximum atomic E-state index is 12.6. The molecule has 8 nitrogen and oxygen atoms in total. The van der Waals surface area contributed by atoms with Crippen LogP contribution in [0.3, 0.4) is 0 Å². The lowest BCUT2D eigenvalue weighted by molar-refractivity contribution is -0.120. The van der Waals surface area contributed by atoms with Crippen molar-refractivity contribution in [2.24, 2.45) is 0 Å². The minimum atomic E-state index is -1.09. The number of urea groups is 1. The Morgan fingerprint density at radius 3 is 2.73 bits per heavy atom. The summed E-state index contributed by atoms with van der Waals surface area (Å²) < 4.78 is 0. The second-order valence-corrected chi connectivity index (χ2v) is 5.82. The highest BCUT2D eigenvalue weighted by atomic mass is 16.4. The number of rotatable bonds is 3. The highest BCUT2D eigenvalue weighted by Gasteiger charge is 2.28. The monoisotopic (exact) mass is 354 g/mol. The zero-order valence-electron chi connectivity index (χ0n) is 14.0. The molecule has 2 aromatic carbocycles. The minimum Gasteiger partial charge on any atom is -0.478 e. The average Bonchev–Trinajstić information content (AvgIpc) is 2.74. The van der Waals surface area contributed by atoms with Crippen molar-refractivity contribution in [2.45, 2.75) is 12.7 Å². The molecule has 8 heteroatoms. The molecule has 1 heterocycles. The molecule has 0 bridgehead atoms. The number of carbonyl (C=O) groups excluding carboxylic acids is 2. The number of hydrogen-bond donors (Lipinski definition) is 4. The fourth-order valence-electron chi connectivity index (χ4n) is 2.74. The third-order valence-electron chi connectivity index (χ3n) is 4.07. The van der Waals surface area contributed by atoms with Crippen molar-refractivity contribution < 1.29 is 19.5 Å². The maximum Gasteiger partial charge on any atom is 0.335 e. The zero-order chi connectivity index (χ0) is 18.7. The molecule has 2 aromatic rings. The first kappa shape index (κ1) is 17.4. The molecule has 1 aliphatic heterocycles. The number of likely N-dealkylation sites (N-methyl/N-ethyl adjacent to an activating group) is 1. The van der Waals surface area contributed by atoms with Gasteiger partial charge in [-0.25, -0.2) is 9.59 Å². The Kier molecular flexibility index (Phi) is 4.85. The van der Waals surface area contributed by atoms with Gasteiger partial charge in [0.25, 0.3) is 5.91 Å². The molecule has 0 fully saturated rings. The molecule has 0 saturated carbocycles. The largest absolute Gasteiger partial charge is 0.478 e. The van der Waals surface area contributed by atoms with Gasteiger partial charge in [0.05, 0.1) is 5.56 Å². The molecule has 0 aromatic heterocycles. The Morgan fingerprint density at radius 1 is 1.19 bits per heavy atom. The summed E-state index contributed by atoms with van der Waals surface area (Å²) in [4.78, 5) is 37.3. The van der Waals surface area contributed by atoms with Gasteiger partial charge in [-0.3, -0.25) is 10.1 Å². The van der Waals surface area contributed by atoms with E-state index < -0.39 is 18.2 Å². The number of carboxylic acid groups (broad SMARTS) is 1. The molecule has 1 aliphatic rings. The third kappa shape index (κ3) is 3.65. The topological polar surface area (TPSA) is 111 Å². The summed E-state index contributed by atoms with van der Waals surface area (Å²) >= 11 is 0. The van der Waals surface area contributed by atoms with Gasteiger partial charge >= 0.3 is 12.0 Å². The van der Waals surface area contributed by atoms with Crippen LogP contribution in [0.25, 0.3) is 0 Å². The normalized spacial score (nSPS) is 16.4. The molecule has 4 N–H and O–H groups in total. The van der Waals surface area contributed by atoms with E-state index in [-0.39, 0.29) is 11.5 Å². The van der Waals surface area contributed by atoms with Gasteiger partial charge in [-0.15, -0.1) is 0 Å². The Labute approximate surface area is 149 Å². The summed E-state index contributed by atoms with van der Waals surface area (Å²) in [6.07, 6.45) is -0.907.